The van der Waals surface area contributed by atoms with Gasteiger partial charge in [0, 0.05) is 5.41 Å². The Bertz CT molecular complexity index is 641. The lowest BCUT2D eigenvalue weighted by atomic mass is 9.49. The fraction of sp³-hybridized carbons (Fsp3) is 0.810. The van der Waals surface area contributed by atoms with Gasteiger partial charge >= 0.3 is 11.9 Å². The number of carbonyl (C=O) groups is 4. The predicted molar refractivity (Wildman–Crippen MR) is 103 cm³/mol. The largest absolute Gasteiger partial charge is 0.466 e. The molecule has 29 heavy (non-hydrogen) atoms. The van der Waals surface area contributed by atoms with Crippen molar-refractivity contribution in [3.8, 4) is 0 Å². The molecule has 0 unspecified atom stereocenters. The predicted octanol–water partition coefficient (Wildman–Crippen LogP) is 1.31. The van der Waals surface area contributed by atoms with Gasteiger partial charge in [-0.15, -0.1) is 0 Å². The number of hydrogen-bond donors (Lipinski definition) is 2. The maximum Gasteiger partial charge on any atom is 0.312 e. The van der Waals surface area contributed by atoms with Gasteiger partial charge in [0.1, 0.15) is 6.04 Å². The van der Waals surface area contributed by atoms with Crippen LogP contribution in [-0.4, -0.2) is 43.0 Å². The molecule has 2 amide bonds. The second-order valence-corrected chi connectivity index (χ2v) is 8.92. The van der Waals surface area contributed by atoms with E-state index in [0.717, 1.165) is 19.3 Å². The van der Waals surface area contributed by atoms with Crippen molar-refractivity contribution in [3.63, 3.8) is 0 Å². The third-order valence-corrected chi connectivity index (χ3v) is 6.80. The lowest BCUT2D eigenvalue weighted by molar-refractivity contribution is -0.159. The van der Waals surface area contributed by atoms with Crippen molar-refractivity contribution in [2.24, 2.45) is 34.8 Å². The van der Waals surface area contributed by atoms with E-state index in [1.54, 1.807) is 13.8 Å². The smallest absolute Gasteiger partial charge is 0.312 e. The first kappa shape index (κ1) is 21.6. The van der Waals surface area contributed by atoms with Crippen LogP contribution in [-0.2, 0) is 28.7 Å². The van der Waals surface area contributed by atoms with Crippen LogP contribution in [0.2, 0.25) is 0 Å². The van der Waals surface area contributed by atoms with Gasteiger partial charge in [-0.1, -0.05) is 0 Å². The van der Waals surface area contributed by atoms with Crippen LogP contribution < -0.4 is 11.1 Å². The Balaban J connectivity index is 1.77. The van der Waals surface area contributed by atoms with Crippen LogP contribution in [0.5, 0.6) is 0 Å². The third-order valence-electron chi connectivity index (χ3n) is 6.80. The number of rotatable bonds is 9. The van der Waals surface area contributed by atoms with Crippen molar-refractivity contribution in [2.45, 2.75) is 64.8 Å². The molecule has 4 rings (SSSR count). The Kier molecular flexibility index (Phi) is 6.49. The number of ether oxygens (including phenoxy) is 2. The zero-order valence-corrected chi connectivity index (χ0v) is 17.3. The topological polar surface area (TPSA) is 125 Å². The number of hydrogen-bond acceptors (Lipinski definition) is 6. The van der Waals surface area contributed by atoms with E-state index < -0.39 is 35.2 Å². The molecule has 4 saturated carbocycles. The molecule has 8 nitrogen and oxygen atoms in total. The summed E-state index contributed by atoms with van der Waals surface area (Å²) in [5.41, 5.74) is 5.05. The molecular weight excluding hydrogens is 376 g/mol. The summed E-state index contributed by atoms with van der Waals surface area (Å²) >= 11 is 0. The maximum atomic E-state index is 13.3. The minimum Gasteiger partial charge on any atom is -0.466 e. The molecule has 4 aliphatic carbocycles. The van der Waals surface area contributed by atoms with E-state index in [2.05, 4.69) is 5.32 Å². The number of primary amides is 1. The minimum atomic E-state index is -1.31. The number of amides is 2. The van der Waals surface area contributed by atoms with Crippen molar-refractivity contribution >= 4 is 23.8 Å². The molecule has 0 aliphatic heterocycles. The number of esters is 2. The molecule has 4 aliphatic rings. The van der Waals surface area contributed by atoms with Gasteiger partial charge < -0.3 is 20.5 Å². The van der Waals surface area contributed by atoms with Gasteiger partial charge in [-0.05, 0) is 70.1 Å². The maximum absolute atomic E-state index is 13.3. The Morgan fingerprint density at radius 3 is 1.93 bits per heavy atom. The highest BCUT2D eigenvalue weighted by Gasteiger charge is 2.55. The average Bonchev–Trinajstić information content (AvgIpc) is 2.63. The van der Waals surface area contributed by atoms with E-state index in [-0.39, 0.29) is 25.5 Å². The fourth-order valence-electron chi connectivity index (χ4n) is 6.04. The Labute approximate surface area is 171 Å². The van der Waals surface area contributed by atoms with E-state index in [0.29, 0.717) is 17.8 Å². The van der Waals surface area contributed by atoms with Gasteiger partial charge in [0.15, 0.2) is 0 Å². The standard InChI is InChI=1S/C21H32N2O6/c1-3-28-16(24)8-15(19(26)29-4-2)17(18(22)25)23-20(27)21-9-12-5-13(10-21)7-14(6-12)11-21/h12-15,17H,3-11H2,1-2H3,(H2,22,25)(H,23,27)/t12?,13?,14?,15-,17+,21?/m1/s1. The SMILES string of the molecule is CCOC(=O)C[C@@H](C(=O)OCC)[C@H](NC(=O)C12CC3CC(CC(C3)C1)C2)C(N)=O. The van der Waals surface area contributed by atoms with E-state index in [4.69, 9.17) is 15.2 Å². The van der Waals surface area contributed by atoms with Crippen molar-refractivity contribution < 1.29 is 28.7 Å². The van der Waals surface area contributed by atoms with Gasteiger partial charge in [0.2, 0.25) is 11.8 Å². The van der Waals surface area contributed by atoms with Gasteiger partial charge in [0.25, 0.3) is 0 Å². The Hall–Kier alpha value is -2.12. The lowest BCUT2D eigenvalue weighted by Crippen LogP contribution is -2.59. The second kappa shape index (κ2) is 8.71. The number of carbonyl (C=O) groups excluding carboxylic acids is 4. The molecule has 3 N–H and O–H groups in total. The Morgan fingerprint density at radius 1 is 0.966 bits per heavy atom. The third kappa shape index (κ3) is 4.56. The quantitative estimate of drug-likeness (QED) is 0.554. The molecule has 0 radical (unpaired) electrons. The van der Waals surface area contributed by atoms with Crippen molar-refractivity contribution in [1.82, 2.24) is 5.32 Å². The van der Waals surface area contributed by atoms with Crippen LogP contribution in [0.4, 0.5) is 0 Å². The van der Waals surface area contributed by atoms with Crippen molar-refractivity contribution in [3.05, 3.63) is 0 Å². The van der Waals surface area contributed by atoms with E-state index in [1.807, 2.05) is 0 Å². The average molecular weight is 408 g/mol. The summed E-state index contributed by atoms with van der Waals surface area (Å²) in [5.74, 6) is -2.00. The molecule has 0 saturated heterocycles. The summed E-state index contributed by atoms with van der Waals surface area (Å²) in [5, 5.41) is 2.74. The minimum absolute atomic E-state index is 0.0898. The van der Waals surface area contributed by atoms with Crippen LogP contribution in [0.25, 0.3) is 0 Å². The van der Waals surface area contributed by atoms with E-state index in [1.165, 1.54) is 19.3 Å². The Morgan fingerprint density at radius 2 is 1.48 bits per heavy atom. The van der Waals surface area contributed by atoms with Gasteiger partial charge in [-0.2, -0.15) is 0 Å². The molecule has 0 heterocycles. The van der Waals surface area contributed by atoms with E-state index in [9.17, 15) is 19.2 Å². The number of nitrogens with two attached hydrogens (primary N) is 1. The summed E-state index contributed by atoms with van der Waals surface area (Å²) in [6.45, 7) is 3.52. The first-order valence-electron chi connectivity index (χ1n) is 10.7. The highest BCUT2D eigenvalue weighted by atomic mass is 16.5. The van der Waals surface area contributed by atoms with Crippen LogP contribution in [0, 0.1) is 29.1 Å². The van der Waals surface area contributed by atoms with Crippen molar-refractivity contribution in [2.75, 3.05) is 13.2 Å². The van der Waals surface area contributed by atoms with Crippen LogP contribution in [0.15, 0.2) is 0 Å². The summed E-state index contributed by atoms with van der Waals surface area (Å²) in [6, 6.07) is -1.31. The molecule has 8 heteroatoms. The summed E-state index contributed by atoms with van der Waals surface area (Å²) in [4.78, 5) is 50.0. The zero-order valence-electron chi connectivity index (χ0n) is 17.3. The molecular formula is C21H32N2O6. The summed E-state index contributed by atoms with van der Waals surface area (Å²) in [6.07, 6.45) is 5.62. The van der Waals surface area contributed by atoms with Crippen molar-refractivity contribution in [1.29, 1.82) is 0 Å². The monoisotopic (exact) mass is 408 g/mol. The fourth-order valence-corrected chi connectivity index (χ4v) is 6.04. The normalized spacial score (nSPS) is 31.6. The summed E-state index contributed by atoms with van der Waals surface area (Å²) in [7, 11) is 0. The molecule has 0 aromatic carbocycles. The highest BCUT2D eigenvalue weighted by Crippen LogP contribution is 2.60. The molecule has 0 aromatic heterocycles. The molecule has 4 bridgehead atoms. The highest BCUT2D eigenvalue weighted by molar-refractivity contribution is 5.94. The van der Waals surface area contributed by atoms with Gasteiger partial charge in [-0.3, -0.25) is 19.2 Å². The summed E-state index contributed by atoms with van der Waals surface area (Å²) < 4.78 is 9.96. The number of nitrogens with one attached hydrogen (secondary N) is 1. The molecule has 162 valence electrons. The molecule has 0 aromatic rings. The molecule has 4 fully saturated rings. The first-order chi connectivity index (χ1) is 13.8. The van der Waals surface area contributed by atoms with Crippen LogP contribution in [0.1, 0.15) is 58.8 Å². The van der Waals surface area contributed by atoms with Gasteiger partial charge in [-0.25, -0.2) is 0 Å². The molecule has 0 spiro atoms. The van der Waals surface area contributed by atoms with Crippen LogP contribution in [0.3, 0.4) is 0 Å². The van der Waals surface area contributed by atoms with Gasteiger partial charge in [0.05, 0.1) is 25.6 Å². The second-order valence-electron chi connectivity index (χ2n) is 8.92. The van der Waals surface area contributed by atoms with Crippen LogP contribution >= 0.6 is 0 Å². The van der Waals surface area contributed by atoms with E-state index >= 15 is 0 Å². The lowest BCUT2D eigenvalue weighted by Gasteiger charge is -2.55. The first-order valence-corrected chi connectivity index (χ1v) is 10.7. The molecule has 2 atom stereocenters. The zero-order chi connectivity index (χ0) is 21.2.